The van der Waals surface area contributed by atoms with E-state index in [2.05, 4.69) is 39.9 Å². The van der Waals surface area contributed by atoms with E-state index < -0.39 is 221 Å². The van der Waals surface area contributed by atoms with E-state index in [0.29, 0.717) is 9.13 Å². The molecule has 0 spiro atoms. The Bertz CT molecular complexity index is 4790. The van der Waals surface area contributed by atoms with Crippen molar-refractivity contribution in [3.8, 4) is 0 Å². The standard InChI is InChI=1S/C47H60N18O33P4/c48-20-1-4-61(45(75)56-20)40-27(70)31(15(7-66)90-40)95-100(80,81)87-9-18-33(29(72)42(93-18)63-6-3-22(67)58-47(63)77)97-101(82,83)88-10-17-32(28(71)41(92-17)62-5-2-21(49)57-46(62)76)96-102(84,85)89-11-19-34(30(73)43(94-19)65-14-55-24-37(65)59-44(51)60-38(24)74)98-99(78,79)86-8-16-25(68)26(69)39(91-16)64-13-54-23-35(50)52-12-53-36(23)64/h1-6,12-19,25-34,39-43,66,68-73H,7-11H2,(H,78,79)(H,80,81)(H,82,83)(H,84,85)(H2,48,56,75)(H2,49,57,76)(H2,50,52,53)(H,58,67,77)(H3,51,59,60,74)/t15-,16-,17-,18-,19-,25-,26-,27-,28-,29-,30-,31-,32-,33-,34-,39-,40-,41-,42-,43-/m1/s1. The summed E-state index contributed by atoms with van der Waals surface area (Å²) in [5.74, 6) is -1.10. The molecule has 51 nitrogen and oxygen atoms in total. The molecule has 12 rings (SSSR count). The van der Waals surface area contributed by atoms with Crippen molar-refractivity contribution in [2.75, 3.05) is 56.0 Å². The van der Waals surface area contributed by atoms with Gasteiger partial charge >= 0.3 is 48.4 Å². The van der Waals surface area contributed by atoms with Crippen LogP contribution in [-0.4, -0.2) is 248 Å². The summed E-state index contributed by atoms with van der Waals surface area (Å²) in [6.45, 7) is -6.12. The first kappa shape index (κ1) is 74.2. The maximum Gasteiger partial charge on any atom is 0.472 e. The summed E-state index contributed by atoms with van der Waals surface area (Å²) in [5.41, 5.74) is 16.9. The number of nitrogens with two attached hydrogens (primary N) is 4. The van der Waals surface area contributed by atoms with Gasteiger partial charge < -0.3 is 102 Å². The lowest BCUT2D eigenvalue weighted by atomic mass is 10.1. The van der Waals surface area contributed by atoms with Gasteiger partial charge in [-0.2, -0.15) is 15.0 Å². The van der Waals surface area contributed by atoms with Crippen molar-refractivity contribution < 1.29 is 133 Å². The number of anilines is 4. The van der Waals surface area contributed by atoms with Crippen molar-refractivity contribution in [1.29, 1.82) is 0 Å². The minimum absolute atomic E-state index is 0.0466. The second-order valence-electron chi connectivity index (χ2n) is 22.7. The molecule has 55 heteroatoms. The molecule has 0 amide bonds. The first-order valence-electron chi connectivity index (χ1n) is 29.4. The summed E-state index contributed by atoms with van der Waals surface area (Å²) in [4.78, 5) is 139. The maximum absolute atomic E-state index is 14.2. The van der Waals surface area contributed by atoms with Gasteiger partial charge in [0.25, 0.3) is 11.1 Å². The zero-order valence-electron chi connectivity index (χ0n) is 51.1. The summed E-state index contributed by atoms with van der Waals surface area (Å²) in [5, 5.41) is 78.3. The summed E-state index contributed by atoms with van der Waals surface area (Å²) in [7, 11) is -23.0. The Labute approximate surface area is 563 Å². The molecule has 4 unspecified atom stereocenters. The second kappa shape index (κ2) is 28.9. The Hall–Kier alpha value is -7.50. The molecule has 0 aliphatic carbocycles. The molecule has 0 aromatic carbocycles. The molecule has 556 valence electrons. The highest BCUT2D eigenvalue weighted by Gasteiger charge is 2.56. The number of nitrogens with zero attached hydrogens (tertiary/aromatic N) is 12. The van der Waals surface area contributed by atoms with Gasteiger partial charge in [-0.1, -0.05) is 0 Å². The van der Waals surface area contributed by atoms with Gasteiger partial charge in [-0.15, -0.1) is 0 Å². The Morgan fingerprint density at radius 2 is 0.843 bits per heavy atom. The van der Waals surface area contributed by atoms with E-state index >= 15 is 0 Å². The Morgan fingerprint density at radius 3 is 1.30 bits per heavy atom. The third kappa shape index (κ3) is 15.2. The third-order valence-corrected chi connectivity index (χ3v) is 20.1. The molecule has 5 aliphatic rings. The molecule has 12 heterocycles. The molecule has 5 saturated heterocycles. The van der Waals surface area contributed by atoms with Crippen molar-refractivity contribution >= 4 is 77.0 Å². The topological polar surface area (TPSA) is 747 Å². The van der Waals surface area contributed by atoms with Gasteiger partial charge in [0.2, 0.25) is 5.95 Å². The molecular formula is C47H60N18O33P4. The molecule has 21 N–H and O–H groups in total. The van der Waals surface area contributed by atoms with Crippen molar-refractivity contribution in [3.63, 3.8) is 0 Å². The average molecular weight is 1530 g/mol. The summed E-state index contributed by atoms with van der Waals surface area (Å²) >= 11 is 0. The maximum atomic E-state index is 14.2. The number of rotatable bonds is 26. The van der Waals surface area contributed by atoms with Crippen LogP contribution in [0.3, 0.4) is 0 Å². The van der Waals surface area contributed by atoms with Crippen molar-refractivity contribution in [1.82, 2.24) is 67.7 Å². The SMILES string of the molecule is Nc1ccn([C@@H]2O[C@H](CO)[C@@H](OP(=O)(O)OC[C@H]3O[C@@H](n4ccc(=O)[nH]c4=O)[C@H](O)[C@@H]3OP(=O)(O)OC[C@H]3O[C@@H](n4ccc(N)nc4=O)[C@H](O)[C@@H]3OP(=O)(O)OC[C@H]3O[C@@H](n4cnc5c(=O)[nH]c(N)nc54)[C@H](O)[C@@H]3OP(=O)(O)OC[C@H]3O[C@@H](n4cnc5c(N)ncnc54)[C@H](O)[C@@H]3O)[C@H]2O)c(=O)n1. The largest absolute Gasteiger partial charge is 0.472 e. The number of fused-ring (bicyclic) bond motifs is 2. The van der Waals surface area contributed by atoms with Crippen molar-refractivity contribution in [2.45, 2.75) is 123 Å². The lowest BCUT2D eigenvalue weighted by molar-refractivity contribution is -0.0657. The van der Waals surface area contributed by atoms with Crippen LogP contribution in [0.25, 0.3) is 22.3 Å². The number of aromatic nitrogens is 14. The van der Waals surface area contributed by atoms with Crippen LogP contribution >= 0.6 is 31.3 Å². The molecular weight excluding hydrogens is 1470 g/mol. The fourth-order valence-corrected chi connectivity index (χ4v) is 15.3. The number of hydrogen-bond donors (Lipinski definition) is 17. The van der Waals surface area contributed by atoms with Crippen LogP contribution in [-0.2, 0) is 78.1 Å². The van der Waals surface area contributed by atoms with Crippen LogP contribution in [0.1, 0.15) is 31.1 Å². The van der Waals surface area contributed by atoms with Gasteiger partial charge in [-0.25, -0.2) is 52.6 Å². The molecule has 102 heavy (non-hydrogen) atoms. The molecule has 0 radical (unpaired) electrons. The smallest absolute Gasteiger partial charge is 0.394 e. The number of phosphoric acid groups is 4. The van der Waals surface area contributed by atoms with Crippen LogP contribution < -0.4 is 51.1 Å². The number of ether oxygens (including phenoxy) is 5. The predicted molar refractivity (Wildman–Crippen MR) is 325 cm³/mol. The van der Waals surface area contributed by atoms with Gasteiger partial charge in [-0.3, -0.25) is 78.6 Å². The normalized spacial score (nSPS) is 32.8. The zero-order valence-corrected chi connectivity index (χ0v) is 54.7. The molecule has 5 aliphatic heterocycles. The Morgan fingerprint density at radius 1 is 0.451 bits per heavy atom. The number of imidazole rings is 2. The molecule has 0 saturated carbocycles. The van der Waals surface area contributed by atoms with Crippen LogP contribution in [0.5, 0.6) is 0 Å². The molecule has 7 aromatic rings. The number of aromatic amines is 2. The predicted octanol–water partition coefficient (Wildman–Crippen LogP) is -7.99. The van der Waals surface area contributed by atoms with Gasteiger partial charge in [0.1, 0.15) is 115 Å². The van der Waals surface area contributed by atoms with E-state index in [4.69, 9.17) is 82.8 Å². The van der Waals surface area contributed by atoms with Crippen molar-refractivity contribution in [3.05, 3.63) is 108 Å². The summed E-state index contributed by atoms with van der Waals surface area (Å²) in [6, 6.07) is 2.96. The van der Waals surface area contributed by atoms with Crippen LogP contribution in [0.2, 0.25) is 0 Å². The molecule has 24 atom stereocenters. The van der Waals surface area contributed by atoms with E-state index in [1.54, 1.807) is 0 Å². The van der Waals surface area contributed by atoms with E-state index in [1.807, 2.05) is 4.98 Å². The number of nitrogens with one attached hydrogen (secondary N) is 2. The number of nitrogen functional groups attached to an aromatic ring is 4. The quantitative estimate of drug-likeness (QED) is 0.0224. The highest BCUT2D eigenvalue weighted by molar-refractivity contribution is 7.48. The number of phosphoric ester groups is 4. The highest BCUT2D eigenvalue weighted by atomic mass is 31.2. The van der Waals surface area contributed by atoms with Gasteiger partial charge in [0, 0.05) is 24.7 Å². The lowest BCUT2D eigenvalue weighted by Gasteiger charge is -2.27. The molecule has 0 bridgehead atoms. The summed E-state index contributed by atoms with van der Waals surface area (Å²) in [6.07, 6.45) is -34.1. The second-order valence-corrected chi connectivity index (χ2v) is 28.4. The third-order valence-electron chi connectivity index (χ3n) is 16.1. The molecule has 5 fully saturated rings. The first-order chi connectivity index (χ1) is 48.1. The Kier molecular flexibility index (Phi) is 21.0. The van der Waals surface area contributed by atoms with Crippen LogP contribution in [0.4, 0.5) is 23.4 Å². The number of H-pyrrole nitrogens is 2. The molecule has 7 aromatic heterocycles. The minimum atomic E-state index is -5.90. The first-order valence-corrected chi connectivity index (χ1v) is 35.3. The number of hydrogen-bond acceptors (Lipinski definition) is 40. The van der Waals surface area contributed by atoms with Crippen molar-refractivity contribution in [2.24, 2.45) is 0 Å². The monoisotopic (exact) mass is 1530 g/mol. The lowest BCUT2D eigenvalue weighted by Crippen LogP contribution is -2.39. The van der Waals surface area contributed by atoms with Crippen LogP contribution in [0.15, 0.2) is 79.7 Å². The zero-order chi connectivity index (χ0) is 73.4. The van der Waals surface area contributed by atoms with Crippen LogP contribution in [0, 0.1) is 0 Å². The number of aliphatic hydroxyl groups is 7. The average Bonchev–Trinajstić information content (AvgIpc) is 1.63. The van der Waals surface area contributed by atoms with E-state index in [9.17, 15) is 97.6 Å². The van der Waals surface area contributed by atoms with Gasteiger partial charge in [0.05, 0.1) is 45.7 Å². The summed E-state index contributed by atoms with van der Waals surface area (Å²) < 4.78 is 130. The highest BCUT2D eigenvalue weighted by Crippen LogP contribution is 2.55. The Balaban J connectivity index is 0.758. The van der Waals surface area contributed by atoms with E-state index in [1.165, 1.54) is 4.57 Å². The number of aliphatic hydroxyl groups excluding tert-OH is 7. The van der Waals surface area contributed by atoms with E-state index in [0.717, 1.165) is 64.9 Å². The fraction of sp³-hybridized carbons (Fsp3) is 0.532. The minimum Gasteiger partial charge on any atom is -0.394 e. The fourth-order valence-electron chi connectivity index (χ4n) is 11.4. The van der Waals surface area contributed by atoms with E-state index in [-0.39, 0.29) is 39.8 Å². The van der Waals surface area contributed by atoms with Gasteiger partial charge in [-0.05, 0) is 12.1 Å². The van der Waals surface area contributed by atoms with Gasteiger partial charge in [0.15, 0.2) is 53.8 Å².